The van der Waals surface area contributed by atoms with Gasteiger partial charge in [0.25, 0.3) is 5.91 Å². The number of benzene rings is 2. The van der Waals surface area contributed by atoms with Crippen molar-refractivity contribution in [1.29, 1.82) is 0 Å². The molecule has 1 aliphatic rings. The summed E-state index contributed by atoms with van der Waals surface area (Å²) in [6.07, 6.45) is 0.793. The van der Waals surface area contributed by atoms with Crippen LogP contribution in [0.5, 0.6) is 5.75 Å². The van der Waals surface area contributed by atoms with Crippen molar-refractivity contribution >= 4 is 32.8 Å². The number of carbonyl (C=O) groups is 1. The Morgan fingerprint density at radius 1 is 1.13 bits per heavy atom. The summed E-state index contributed by atoms with van der Waals surface area (Å²) in [4.78, 5) is 30.6. The number of rotatable bonds is 6. The Bertz CT molecular complexity index is 1150. The predicted molar refractivity (Wildman–Crippen MR) is 119 cm³/mol. The van der Waals surface area contributed by atoms with Crippen molar-refractivity contribution in [1.82, 2.24) is 9.80 Å². The number of fused-ring (bicyclic) bond motifs is 2. The number of ether oxygens (including phenoxy) is 1. The fourth-order valence-electron chi connectivity index (χ4n) is 3.91. The Balaban J connectivity index is 1.87. The second-order valence-corrected chi connectivity index (χ2v) is 8.56. The van der Waals surface area contributed by atoms with E-state index in [-0.39, 0.29) is 17.1 Å². The molecule has 1 aromatic heterocycles. The van der Waals surface area contributed by atoms with Crippen LogP contribution in [0.25, 0.3) is 11.0 Å². The van der Waals surface area contributed by atoms with Crippen LogP contribution in [-0.4, -0.2) is 50.0 Å². The number of carbonyl (C=O) groups excluding carboxylic acids is 1. The second kappa shape index (κ2) is 8.24. The summed E-state index contributed by atoms with van der Waals surface area (Å²) >= 11 is 3.45. The summed E-state index contributed by atoms with van der Waals surface area (Å²) in [6.45, 7) is 1.37. The van der Waals surface area contributed by atoms with Crippen molar-refractivity contribution in [3.05, 3.63) is 74.0 Å². The van der Waals surface area contributed by atoms with Gasteiger partial charge >= 0.3 is 0 Å². The van der Waals surface area contributed by atoms with Crippen LogP contribution in [0, 0.1) is 0 Å². The van der Waals surface area contributed by atoms with E-state index in [0.29, 0.717) is 28.8 Å². The fraction of sp³-hybridized carbons (Fsp3) is 0.304. The molecule has 0 N–H and O–H groups in total. The van der Waals surface area contributed by atoms with Gasteiger partial charge in [-0.15, -0.1) is 0 Å². The first-order chi connectivity index (χ1) is 14.4. The summed E-state index contributed by atoms with van der Waals surface area (Å²) in [5.41, 5.74) is 1.47. The zero-order valence-electron chi connectivity index (χ0n) is 17.1. The van der Waals surface area contributed by atoms with Gasteiger partial charge in [-0.3, -0.25) is 9.59 Å². The molecule has 0 saturated carbocycles. The average Bonchev–Trinajstić information content (AvgIpc) is 3.00. The van der Waals surface area contributed by atoms with E-state index in [1.165, 1.54) is 0 Å². The van der Waals surface area contributed by atoms with Gasteiger partial charge in [0, 0.05) is 17.1 Å². The van der Waals surface area contributed by atoms with E-state index in [1.54, 1.807) is 30.2 Å². The molecule has 1 unspecified atom stereocenters. The third-order valence-corrected chi connectivity index (χ3v) is 5.89. The highest BCUT2D eigenvalue weighted by Gasteiger charge is 2.42. The SMILES string of the molecule is COc1ccc2c(=O)c3c(oc2c1)C(=O)N(CCCN(C)C)C3c1ccc(Br)cc1. The Hall–Kier alpha value is -2.64. The maximum absolute atomic E-state index is 13.4. The van der Waals surface area contributed by atoms with E-state index in [0.717, 1.165) is 23.0 Å². The molecular weight excluding hydrogens is 448 g/mol. The molecule has 30 heavy (non-hydrogen) atoms. The minimum atomic E-state index is -0.467. The molecule has 0 fully saturated rings. The Morgan fingerprint density at radius 2 is 1.87 bits per heavy atom. The molecule has 7 heteroatoms. The number of amides is 1. The first-order valence-electron chi connectivity index (χ1n) is 9.76. The number of hydrogen-bond acceptors (Lipinski definition) is 5. The molecule has 0 radical (unpaired) electrons. The zero-order chi connectivity index (χ0) is 21.4. The smallest absolute Gasteiger partial charge is 0.290 e. The monoisotopic (exact) mass is 470 g/mol. The van der Waals surface area contributed by atoms with Crippen molar-refractivity contribution in [2.24, 2.45) is 0 Å². The first kappa shape index (κ1) is 20.6. The lowest BCUT2D eigenvalue weighted by Crippen LogP contribution is -2.32. The minimum absolute atomic E-state index is 0.124. The molecule has 1 amide bonds. The number of methoxy groups -OCH3 is 1. The van der Waals surface area contributed by atoms with E-state index in [4.69, 9.17) is 9.15 Å². The first-order valence-corrected chi connectivity index (χ1v) is 10.6. The molecule has 1 atom stereocenters. The molecule has 0 saturated heterocycles. The summed E-state index contributed by atoms with van der Waals surface area (Å²) < 4.78 is 12.2. The highest BCUT2D eigenvalue weighted by molar-refractivity contribution is 9.10. The van der Waals surface area contributed by atoms with Gasteiger partial charge in [0.2, 0.25) is 5.76 Å². The van der Waals surface area contributed by atoms with Gasteiger partial charge in [-0.1, -0.05) is 28.1 Å². The summed E-state index contributed by atoms with van der Waals surface area (Å²) in [5, 5.41) is 0.444. The van der Waals surface area contributed by atoms with Gasteiger partial charge in [-0.05, 0) is 56.9 Å². The molecule has 2 heterocycles. The van der Waals surface area contributed by atoms with Gasteiger partial charge in [-0.25, -0.2) is 0 Å². The van der Waals surface area contributed by atoms with Gasteiger partial charge in [0.15, 0.2) is 5.43 Å². The Kier molecular flexibility index (Phi) is 5.66. The number of nitrogens with zero attached hydrogens (tertiary/aromatic N) is 2. The molecule has 0 spiro atoms. The van der Waals surface area contributed by atoms with Gasteiger partial charge in [0.05, 0.1) is 24.1 Å². The summed E-state index contributed by atoms with van der Waals surface area (Å²) in [6, 6.07) is 12.3. The largest absolute Gasteiger partial charge is 0.497 e. The number of hydrogen-bond donors (Lipinski definition) is 0. The third-order valence-electron chi connectivity index (χ3n) is 5.36. The lowest BCUT2D eigenvalue weighted by molar-refractivity contribution is 0.0722. The topological polar surface area (TPSA) is 63.0 Å². The summed E-state index contributed by atoms with van der Waals surface area (Å²) in [5.74, 6) is 0.445. The molecule has 3 aromatic rings. The van der Waals surface area contributed by atoms with Crippen molar-refractivity contribution in [3.63, 3.8) is 0 Å². The van der Waals surface area contributed by atoms with Gasteiger partial charge < -0.3 is 19.0 Å². The van der Waals surface area contributed by atoms with E-state index >= 15 is 0 Å². The molecular formula is C23H23BrN2O4. The maximum atomic E-state index is 13.4. The Labute approximate surface area is 183 Å². The maximum Gasteiger partial charge on any atom is 0.290 e. The van der Waals surface area contributed by atoms with Crippen molar-refractivity contribution < 1.29 is 13.9 Å². The highest BCUT2D eigenvalue weighted by atomic mass is 79.9. The second-order valence-electron chi connectivity index (χ2n) is 7.65. The van der Waals surface area contributed by atoms with E-state index < -0.39 is 6.04 Å². The predicted octanol–water partition coefficient (Wildman–Crippen LogP) is 4.06. The molecule has 6 nitrogen and oxygen atoms in total. The van der Waals surface area contributed by atoms with Crippen molar-refractivity contribution in [2.75, 3.05) is 34.3 Å². The molecule has 1 aliphatic heterocycles. The van der Waals surface area contributed by atoms with Crippen LogP contribution in [0.2, 0.25) is 0 Å². The quantitative estimate of drug-likeness (QED) is 0.543. The zero-order valence-corrected chi connectivity index (χ0v) is 18.7. The van der Waals surface area contributed by atoms with Crippen LogP contribution in [0.15, 0.2) is 56.1 Å². The van der Waals surface area contributed by atoms with Crippen LogP contribution in [0.1, 0.15) is 34.1 Å². The minimum Gasteiger partial charge on any atom is -0.497 e. The summed E-state index contributed by atoms with van der Waals surface area (Å²) in [7, 11) is 5.55. The van der Waals surface area contributed by atoms with E-state index in [9.17, 15) is 9.59 Å². The Morgan fingerprint density at radius 3 is 2.53 bits per heavy atom. The lowest BCUT2D eigenvalue weighted by Gasteiger charge is -2.25. The van der Waals surface area contributed by atoms with E-state index in [2.05, 4.69) is 20.8 Å². The van der Waals surface area contributed by atoms with E-state index in [1.807, 2.05) is 38.4 Å². The van der Waals surface area contributed by atoms with Crippen LogP contribution in [0.3, 0.4) is 0 Å². The molecule has 156 valence electrons. The molecule has 0 aliphatic carbocycles. The van der Waals surface area contributed by atoms with Crippen molar-refractivity contribution in [3.8, 4) is 5.75 Å². The number of halogens is 1. The molecule has 2 aromatic carbocycles. The fourth-order valence-corrected chi connectivity index (χ4v) is 4.17. The molecule has 0 bridgehead atoms. The van der Waals surface area contributed by atoms with Crippen LogP contribution in [0.4, 0.5) is 0 Å². The van der Waals surface area contributed by atoms with Gasteiger partial charge in [0.1, 0.15) is 11.3 Å². The standard InChI is InChI=1S/C23H23BrN2O4/c1-25(2)11-4-12-26-20(14-5-7-15(24)8-6-14)19-21(27)17-10-9-16(29-3)13-18(17)30-22(19)23(26)28/h5-10,13,20H,4,11-12H2,1-3H3. The lowest BCUT2D eigenvalue weighted by atomic mass is 9.98. The van der Waals surface area contributed by atoms with Crippen LogP contribution in [-0.2, 0) is 0 Å². The van der Waals surface area contributed by atoms with Crippen LogP contribution < -0.4 is 10.2 Å². The highest BCUT2D eigenvalue weighted by Crippen LogP contribution is 2.38. The normalized spacial score (nSPS) is 15.8. The van der Waals surface area contributed by atoms with Gasteiger partial charge in [-0.2, -0.15) is 0 Å². The molecule has 4 rings (SSSR count). The average molecular weight is 471 g/mol. The van der Waals surface area contributed by atoms with Crippen LogP contribution >= 0.6 is 15.9 Å². The third kappa shape index (κ3) is 3.63. The van der Waals surface area contributed by atoms with Crippen molar-refractivity contribution in [2.45, 2.75) is 12.5 Å².